The van der Waals surface area contributed by atoms with Gasteiger partial charge in [0.1, 0.15) is 5.75 Å². The van der Waals surface area contributed by atoms with E-state index in [1.807, 2.05) is 25.2 Å². The standard InChI is InChI=1S/C14H21NO3S/c1-15(10-13-6-7-19(16,17)11-13)9-12-4-3-5-14(8-12)18-2/h3-5,8,13H,6-7,9-11H2,1-2H3/t13-/m1/s1. The van der Waals surface area contributed by atoms with Crippen LogP contribution in [0.2, 0.25) is 0 Å². The molecule has 0 unspecified atom stereocenters. The highest BCUT2D eigenvalue weighted by Crippen LogP contribution is 2.20. The first-order valence-electron chi connectivity index (χ1n) is 6.50. The molecule has 1 aliphatic heterocycles. The second kappa shape index (κ2) is 5.92. The zero-order chi connectivity index (χ0) is 13.9. The second-order valence-corrected chi connectivity index (χ2v) is 7.55. The van der Waals surface area contributed by atoms with E-state index in [4.69, 9.17) is 4.74 Å². The van der Waals surface area contributed by atoms with Crippen molar-refractivity contribution in [2.24, 2.45) is 5.92 Å². The van der Waals surface area contributed by atoms with Crippen molar-refractivity contribution in [1.82, 2.24) is 4.90 Å². The molecule has 0 N–H and O–H groups in total. The van der Waals surface area contributed by atoms with Crippen molar-refractivity contribution in [1.29, 1.82) is 0 Å². The summed E-state index contributed by atoms with van der Waals surface area (Å²) in [7, 11) is 0.920. The predicted molar refractivity (Wildman–Crippen MR) is 76.1 cm³/mol. The van der Waals surface area contributed by atoms with Gasteiger partial charge in [-0.05, 0) is 37.1 Å². The van der Waals surface area contributed by atoms with Crippen LogP contribution >= 0.6 is 0 Å². The number of nitrogens with zero attached hydrogens (tertiary/aromatic N) is 1. The van der Waals surface area contributed by atoms with Crippen LogP contribution in [0.15, 0.2) is 24.3 Å². The maximum atomic E-state index is 11.4. The van der Waals surface area contributed by atoms with Gasteiger partial charge in [0.2, 0.25) is 0 Å². The maximum Gasteiger partial charge on any atom is 0.150 e. The molecule has 0 saturated carbocycles. The Morgan fingerprint density at radius 1 is 1.42 bits per heavy atom. The Morgan fingerprint density at radius 3 is 2.84 bits per heavy atom. The van der Waals surface area contributed by atoms with Crippen molar-refractivity contribution < 1.29 is 13.2 Å². The molecule has 19 heavy (non-hydrogen) atoms. The molecular formula is C14H21NO3S. The number of benzene rings is 1. The summed E-state index contributed by atoms with van der Waals surface area (Å²) in [6, 6.07) is 7.97. The molecule has 0 radical (unpaired) electrons. The molecule has 0 amide bonds. The Kier molecular flexibility index (Phi) is 4.47. The van der Waals surface area contributed by atoms with E-state index in [9.17, 15) is 8.42 Å². The third kappa shape index (κ3) is 4.21. The Bertz CT molecular complexity index is 527. The SMILES string of the molecule is COc1cccc(CN(C)C[C@H]2CCS(=O)(=O)C2)c1. The molecule has 1 aliphatic rings. The number of ether oxygens (including phenoxy) is 1. The molecule has 0 aliphatic carbocycles. The Balaban J connectivity index is 1.89. The van der Waals surface area contributed by atoms with Gasteiger partial charge in [0.05, 0.1) is 18.6 Å². The van der Waals surface area contributed by atoms with Crippen molar-refractivity contribution in [3.05, 3.63) is 29.8 Å². The van der Waals surface area contributed by atoms with E-state index >= 15 is 0 Å². The van der Waals surface area contributed by atoms with Crippen molar-refractivity contribution in [3.8, 4) is 5.75 Å². The van der Waals surface area contributed by atoms with E-state index in [2.05, 4.69) is 11.0 Å². The summed E-state index contributed by atoms with van der Waals surface area (Å²) in [4.78, 5) is 2.18. The van der Waals surface area contributed by atoms with Gasteiger partial charge >= 0.3 is 0 Å². The molecular weight excluding hydrogens is 262 g/mol. The van der Waals surface area contributed by atoms with Gasteiger partial charge < -0.3 is 9.64 Å². The van der Waals surface area contributed by atoms with E-state index in [1.54, 1.807) is 7.11 Å². The first kappa shape index (κ1) is 14.3. The fourth-order valence-electron chi connectivity index (χ4n) is 2.60. The van der Waals surface area contributed by atoms with Crippen LogP contribution in [0.3, 0.4) is 0 Å². The highest BCUT2D eigenvalue weighted by atomic mass is 32.2. The van der Waals surface area contributed by atoms with Gasteiger partial charge in [-0.25, -0.2) is 8.42 Å². The van der Waals surface area contributed by atoms with E-state index in [0.29, 0.717) is 11.5 Å². The lowest BCUT2D eigenvalue weighted by Crippen LogP contribution is -2.26. The lowest BCUT2D eigenvalue weighted by Gasteiger charge is -2.20. The van der Waals surface area contributed by atoms with Gasteiger partial charge in [-0.2, -0.15) is 0 Å². The number of sulfone groups is 1. The summed E-state index contributed by atoms with van der Waals surface area (Å²) in [6.07, 6.45) is 0.796. The first-order chi connectivity index (χ1) is 8.98. The summed E-state index contributed by atoms with van der Waals surface area (Å²) in [5, 5.41) is 0. The minimum atomic E-state index is -2.77. The van der Waals surface area contributed by atoms with Crippen molar-refractivity contribution in [2.75, 3.05) is 32.2 Å². The molecule has 1 atom stereocenters. The minimum Gasteiger partial charge on any atom is -0.497 e. The van der Waals surface area contributed by atoms with Gasteiger partial charge in [0.25, 0.3) is 0 Å². The molecule has 106 valence electrons. The molecule has 0 aromatic heterocycles. The Labute approximate surface area is 115 Å². The van der Waals surface area contributed by atoms with Crippen LogP contribution in [0, 0.1) is 5.92 Å². The largest absolute Gasteiger partial charge is 0.497 e. The normalized spacial score (nSPS) is 21.7. The molecule has 1 fully saturated rings. The molecule has 1 aromatic rings. The van der Waals surface area contributed by atoms with Gasteiger partial charge in [-0.3, -0.25) is 0 Å². The average molecular weight is 283 g/mol. The predicted octanol–water partition coefficient (Wildman–Crippen LogP) is 1.56. The van der Waals surface area contributed by atoms with Crippen LogP contribution in [0.5, 0.6) is 5.75 Å². The molecule has 0 bridgehead atoms. The first-order valence-corrected chi connectivity index (χ1v) is 8.32. The van der Waals surface area contributed by atoms with E-state index in [-0.39, 0.29) is 5.92 Å². The van der Waals surface area contributed by atoms with Gasteiger partial charge in [-0.15, -0.1) is 0 Å². The zero-order valence-electron chi connectivity index (χ0n) is 11.5. The molecule has 1 saturated heterocycles. The minimum absolute atomic E-state index is 0.278. The molecule has 2 rings (SSSR count). The molecule has 1 heterocycles. The Hall–Kier alpha value is -1.07. The molecule has 1 aromatic carbocycles. The van der Waals surface area contributed by atoms with E-state index in [0.717, 1.165) is 25.3 Å². The summed E-state index contributed by atoms with van der Waals surface area (Å²) < 4.78 is 28.1. The van der Waals surface area contributed by atoms with Crippen molar-refractivity contribution >= 4 is 9.84 Å². The highest BCUT2D eigenvalue weighted by molar-refractivity contribution is 7.91. The fourth-order valence-corrected chi connectivity index (χ4v) is 4.45. The zero-order valence-corrected chi connectivity index (χ0v) is 12.3. The fraction of sp³-hybridized carbons (Fsp3) is 0.571. The lowest BCUT2D eigenvalue weighted by atomic mass is 10.1. The summed E-state index contributed by atoms with van der Waals surface area (Å²) in [5.74, 6) is 1.83. The quantitative estimate of drug-likeness (QED) is 0.823. The van der Waals surface area contributed by atoms with Crippen LogP contribution in [-0.2, 0) is 16.4 Å². The number of methoxy groups -OCH3 is 1. The van der Waals surface area contributed by atoms with Crippen LogP contribution in [0.4, 0.5) is 0 Å². The summed E-state index contributed by atoms with van der Waals surface area (Å²) in [6.45, 7) is 1.64. The average Bonchev–Trinajstić information content (AvgIpc) is 2.68. The van der Waals surface area contributed by atoms with Crippen LogP contribution in [0.25, 0.3) is 0 Å². The van der Waals surface area contributed by atoms with Gasteiger partial charge in [-0.1, -0.05) is 12.1 Å². The van der Waals surface area contributed by atoms with Crippen LogP contribution < -0.4 is 4.74 Å². The topological polar surface area (TPSA) is 46.6 Å². The Morgan fingerprint density at radius 2 is 2.21 bits per heavy atom. The lowest BCUT2D eigenvalue weighted by molar-refractivity contribution is 0.281. The monoisotopic (exact) mass is 283 g/mol. The molecule has 4 nitrogen and oxygen atoms in total. The smallest absolute Gasteiger partial charge is 0.150 e. The summed E-state index contributed by atoms with van der Waals surface area (Å²) >= 11 is 0. The van der Waals surface area contributed by atoms with E-state index < -0.39 is 9.84 Å². The van der Waals surface area contributed by atoms with Gasteiger partial charge in [0, 0.05) is 13.1 Å². The number of rotatable bonds is 5. The van der Waals surface area contributed by atoms with Crippen molar-refractivity contribution in [2.45, 2.75) is 13.0 Å². The van der Waals surface area contributed by atoms with E-state index in [1.165, 1.54) is 5.56 Å². The van der Waals surface area contributed by atoms with Crippen LogP contribution in [0.1, 0.15) is 12.0 Å². The summed E-state index contributed by atoms with van der Waals surface area (Å²) in [5.41, 5.74) is 1.18. The van der Waals surface area contributed by atoms with Gasteiger partial charge in [0.15, 0.2) is 9.84 Å². The molecule has 5 heteroatoms. The van der Waals surface area contributed by atoms with Crippen molar-refractivity contribution in [3.63, 3.8) is 0 Å². The third-order valence-corrected chi connectivity index (χ3v) is 5.32. The maximum absolute atomic E-state index is 11.4. The molecule has 0 spiro atoms. The highest BCUT2D eigenvalue weighted by Gasteiger charge is 2.28. The van der Waals surface area contributed by atoms with Crippen LogP contribution in [-0.4, -0.2) is 45.5 Å². The number of hydrogen-bond acceptors (Lipinski definition) is 4. The second-order valence-electron chi connectivity index (χ2n) is 5.32. The number of hydrogen-bond donors (Lipinski definition) is 0. The third-order valence-electron chi connectivity index (χ3n) is 3.48.